The second kappa shape index (κ2) is 9.19. The van der Waals surface area contributed by atoms with Crippen molar-refractivity contribution >= 4 is 21.9 Å². The highest BCUT2D eigenvalue weighted by Gasteiger charge is 2.28. The number of nitrogens with one attached hydrogen (secondary N) is 1. The minimum Gasteiger partial charge on any atom is -0.452 e. The number of sulfonamides is 1. The first kappa shape index (κ1) is 21.0. The van der Waals surface area contributed by atoms with Gasteiger partial charge in [0.25, 0.3) is 5.91 Å². The lowest BCUT2D eigenvalue weighted by Gasteiger charge is -2.28. The van der Waals surface area contributed by atoms with E-state index in [0.29, 0.717) is 26.1 Å². The summed E-state index contributed by atoms with van der Waals surface area (Å²) in [6.07, 6.45) is 1.42. The number of fused-ring (bicyclic) bond motifs is 1. The summed E-state index contributed by atoms with van der Waals surface area (Å²) in [7, 11) is -3.76. The third-order valence-electron chi connectivity index (χ3n) is 4.71. The van der Waals surface area contributed by atoms with E-state index in [1.54, 1.807) is 0 Å². The number of esters is 1. The van der Waals surface area contributed by atoms with Crippen LogP contribution in [0.1, 0.15) is 34.8 Å². The van der Waals surface area contributed by atoms with Crippen molar-refractivity contribution in [3.8, 4) is 0 Å². The highest BCUT2D eigenvalue weighted by Crippen LogP contribution is 2.25. The van der Waals surface area contributed by atoms with Gasteiger partial charge in [0, 0.05) is 19.6 Å². The van der Waals surface area contributed by atoms with Gasteiger partial charge in [0.15, 0.2) is 6.61 Å². The Labute approximate surface area is 170 Å². The highest BCUT2D eigenvalue weighted by atomic mass is 32.2. The summed E-state index contributed by atoms with van der Waals surface area (Å²) in [4.78, 5) is 23.8. The van der Waals surface area contributed by atoms with Crippen molar-refractivity contribution in [2.24, 2.45) is 0 Å². The predicted molar refractivity (Wildman–Crippen MR) is 108 cm³/mol. The Morgan fingerprint density at radius 3 is 2.62 bits per heavy atom. The van der Waals surface area contributed by atoms with E-state index in [2.05, 4.69) is 5.32 Å². The van der Waals surface area contributed by atoms with Crippen molar-refractivity contribution in [3.63, 3.8) is 0 Å². The van der Waals surface area contributed by atoms with E-state index >= 15 is 0 Å². The van der Waals surface area contributed by atoms with E-state index in [1.807, 2.05) is 31.2 Å². The maximum absolute atomic E-state index is 13.1. The molecule has 0 fully saturated rings. The average Bonchev–Trinajstić information content (AvgIpc) is 2.75. The molecule has 7 nitrogen and oxygen atoms in total. The number of carbonyl (C=O) groups excluding carboxylic acids is 2. The van der Waals surface area contributed by atoms with Gasteiger partial charge in [0.1, 0.15) is 0 Å². The van der Waals surface area contributed by atoms with Gasteiger partial charge in [-0.15, -0.1) is 0 Å². The smallest absolute Gasteiger partial charge is 0.338 e. The minimum atomic E-state index is -3.76. The molecule has 0 saturated carbocycles. The van der Waals surface area contributed by atoms with Crippen molar-refractivity contribution in [2.75, 3.05) is 19.7 Å². The van der Waals surface area contributed by atoms with Crippen LogP contribution in [0.25, 0.3) is 0 Å². The molecule has 29 heavy (non-hydrogen) atoms. The van der Waals surface area contributed by atoms with Gasteiger partial charge in [-0.25, -0.2) is 13.2 Å². The van der Waals surface area contributed by atoms with Gasteiger partial charge in [-0.05, 0) is 42.2 Å². The molecule has 0 aromatic heterocycles. The summed E-state index contributed by atoms with van der Waals surface area (Å²) in [5, 5.41) is 2.61. The zero-order valence-corrected chi connectivity index (χ0v) is 17.1. The van der Waals surface area contributed by atoms with Gasteiger partial charge in [0.05, 0.1) is 10.5 Å². The molecule has 1 heterocycles. The zero-order chi connectivity index (χ0) is 20.9. The molecule has 0 unspecified atom stereocenters. The Morgan fingerprint density at radius 1 is 1.10 bits per heavy atom. The van der Waals surface area contributed by atoms with Crippen molar-refractivity contribution < 1.29 is 22.7 Å². The maximum Gasteiger partial charge on any atom is 0.338 e. The van der Waals surface area contributed by atoms with Crippen LogP contribution in [0.5, 0.6) is 0 Å². The molecule has 0 aliphatic carbocycles. The largest absolute Gasteiger partial charge is 0.452 e. The first-order valence-electron chi connectivity index (χ1n) is 9.52. The van der Waals surface area contributed by atoms with E-state index in [1.165, 1.54) is 28.6 Å². The molecule has 1 aliphatic rings. The van der Waals surface area contributed by atoms with Crippen LogP contribution in [-0.4, -0.2) is 44.3 Å². The van der Waals surface area contributed by atoms with Gasteiger partial charge in [-0.3, -0.25) is 4.79 Å². The quantitative estimate of drug-likeness (QED) is 0.698. The van der Waals surface area contributed by atoms with E-state index in [-0.39, 0.29) is 10.5 Å². The standard InChI is InChI=1S/C21H24N2O5S/c1-2-11-22-20(24)15-28-21(25)17-8-5-9-19(13-17)29(26,27)23-12-10-16-6-3-4-7-18(16)14-23/h3-9,13H,2,10-12,14-15H2,1H3,(H,22,24). The number of nitrogens with zero attached hydrogens (tertiary/aromatic N) is 1. The molecule has 0 saturated heterocycles. The summed E-state index contributed by atoms with van der Waals surface area (Å²) in [6, 6.07) is 13.5. The van der Waals surface area contributed by atoms with Crippen LogP contribution in [0.2, 0.25) is 0 Å². The van der Waals surface area contributed by atoms with Crippen LogP contribution in [-0.2, 0) is 32.5 Å². The molecule has 1 N–H and O–H groups in total. The van der Waals surface area contributed by atoms with E-state index < -0.39 is 28.5 Å². The van der Waals surface area contributed by atoms with Gasteiger partial charge in [-0.1, -0.05) is 37.3 Å². The van der Waals surface area contributed by atoms with E-state index in [0.717, 1.165) is 17.5 Å². The third kappa shape index (κ3) is 5.02. The summed E-state index contributed by atoms with van der Waals surface area (Å²) in [5.41, 5.74) is 2.22. The molecule has 0 spiro atoms. The lowest BCUT2D eigenvalue weighted by Crippen LogP contribution is -2.36. The van der Waals surface area contributed by atoms with Crippen molar-refractivity contribution in [1.82, 2.24) is 9.62 Å². The molecular formula is C21H24N2O5S. The Bertz CT molecular complexity index is 1000. The van der Waals surface area contributed by atoms with Gasteiger partial charge in [-0.2, -0.15) is 4.31 Å². The summed E-state index contributed by atoms with van der Waals surface area (Å²) < 4.78 is 32.5. The maximum atomic E-state index is 13.1. The minimum absolute atomic E-state index is 0.0294. The third-order valence-corrected chi connectivity index (χ3v) is 6.55. The molecule has 0 atom stereocenters. The molecule has 0 bridgehead atoms. The topological polar surface area (TPSA) is 92.8 Å². The van der Waals surface area contributed by atoms with E-state index in [9.17, 15) is 18.0 Å². The van der Waals surface area contributed by atoms with Crippen LogP contribution in [0.4, 0.5) is 0 Å². The van der Waals surface area contributed by atoms with Crippen molar-refractivity contribution in [1.29, 1.82) is 0 Å². The lowest BCUT2D eigenvalue weighted by molar-refractivity contribution is -0.124. The highest BCUT2D eigenvalue weighted by molar-refractivity contribution is 7.89. The predicted octanol–water partition coefficient (Wildman–Crippen LogP) is 2.12. The molecule has 0 radical (unpaired) electrons. The van der Waals surface area contributed by atoms with Crippen LogP contribution in [0, 0.1) is 0 Å². The Balaban J connectivity index is 1.71. The fourth-order valence-corrected chi connectivity index (χ4v) is 4.60. The first-order valence-corrected chi connectivity index (χ1v) is 11.0. The zero-order valence-electron chi connectivity index (χ0n) is 16.3. The normalized spacial score (nSPS) is 14.1. The Hall–Kier alpha value is -2.71. The first-order chi connectivity index (χ1) is 13.9. The number of hydrogen-bond acceptors (Lipinski definition) is 5. The number of ether oxygens (including phenoxy) is 1. The number of carbonyl (C=O) groups is 2. The number of hydrogen-bond donors (Lipinski definition) is 1. The van der Waals surface area contributed by atoms with E-state index in [4.69, 9.17) is 4.74 Å². The van der Waals surface area contributed by atoms with Crippen LogP contribution < -0.4 is 5.32 Å². The number of amides is 1. The average molecular weight is 416 g/mol. The fourth-order valence-electron chi connectivity index (χ4n) is 3.14. The second-order valence-corrected chi connectivity index (χ2v) is 8.75. The van der Waals surface area contributed by atoms with Gasteiger partial charge >= 0.3 is 5.97 Å². The number of benzene rings is 2. The van der Waals surface area contributed by atoms with Crippen LogP contribution in [0.3, 0.4) is 0 Å². The number of rotatable bonds is 7. The SMILES string of the molecule is CCCNC(=O)COC(=O)c1cccc(S(=O)(=O)N2CCc3ccccc3C2)c1. The van der Waals surface area contributed by atoms with Crippen molar-refractivity contribution in [2.45, 2.75) is 31.2 Å². The summed E-state index contributed by atoms with van der Waals surface area (Å²) in [5.74, 6) is -1.13. The monoisotopic (exact) mass is 416 g/mol. The Kier molecular flexibility index (Phi) is 6.66. The molecule has 2 aromatic carbocycles. The molecule has 1 aliphatic heterocycles. The molecular weight excluding hydrogens is 392 g/mol. The van der Waals surface area contributed by atoms with Crippen LogP contribution >= 0.6 is 0 Å². The molecule has 2 aromatic rings. The van der Waals surface area contributed by atoms with Crippen molar-refractivity contribution in [3.05, 3.63) is 65.2 Å². The molecule has 3 rings (SSSR count). The van der Waals surface area contributed by atoms with Crippen LogP contribution in [0.15, 0.2) is 53.4 Å². The Morgan fingerprint density at radius 2 is 1.86 bits per heavy atom. The fraction of sp³-hybridized carbons (Fsp3) is 0.333. The molecule has 154 valence electrons. The van der Waals surface area contributed by atoms with Gasteiger partial charge in [0.2, 0.25) is 10.0 Å². The second-order valence-electron chi connectivity index (χ2n) is 6.81. The molecule has 8 heteroatoms. The summed E-state index contributed by atoms with van der Waals surface area (Å²) in [6.45, 7) is 2.69. The lowest BCUT2D eigenvalue weighted by atomic mass is 10.0. The summed E-state index contributed by atoms with van der Waals surface area (Å²) >= 11 is 0. The molecule has 1 amide bonds. The van der Waals surface area contributed by atoms with Gasteiger partial charge < -0.3 is 10.1 Å².